The van der Waals surface area contributed by atoms with E-state index < -0.39 is 0 Å². The highest BCUT2D eigenvalue weighted by Gasteiger charge is 2.64. The lowest BCUT2D eigenvalue weighted by molar-refractivity contribution is -0.143. The van der Waals surface area contributed by atoms with Crippen LogP contribution in [-0.2, 0) is 16.8 Å². The molecular weight excluding hydrogens is 320 g/mol. The van der Waals surface area contributed by atoms with Crippen molar-refractivity contribution in [2.45, 2.75) is 51.1 Å². The topological polar surface area (TPSA) is 51.0 Å². The monoisotopic (exact) mass is 344 g/mol. The van der Waals surface area contributed by atoms with E-state index in [0.717, 1.165) is 24.3 Å². The second kappa shape index (κ2) is 5.69. The van der Waals surface area contributed by atoms with E-state index in [2.05, 4.69) is 34.7 Å². The fourth-order valence-corrected chi connectivity index (χ4v) is 5.44. The van der Waals surface area contributed by atoms with Crippen LogP contribution in [0, 0.1) is 11.8 Å². The number of thiazole rings is 1. The quantitative estimate of drug-likeness (QED) is 0.837. The van der Waals surface area contributed by atoms with Crippen LogP contribution in [0.2, 0.25) is 0 Å². The summed E-state index contributed by atoms with van der Waals surface area (Å²) in [6.07, 6.45) is 7.08. The molecule has 2 heterocycles. The van der Waals surface area contributed by atoms with Crippen molar-refractivity contribution in [3.63, 3.8) is 0 Å². The SMILES string of the molecule is CC(C)n1nccc1C12CCC(C1)C2C(=O)N(C)Cc1nccs1. The van der Waals surface area contributed by atoms with Gasteiger partial charge in [0.25, 0.3) is 0 Å². The molecule has 0 spiro atoms. The third kappa shape index (κ3) is 2.23. The van der Waals surface area contributed by atoms with Crippen LogP contribution < -0.4 is 0 Å². The van der Waals surface area contributed by atoms with E-state index in [9.17, 15) is 4.79 Å². The van der Waals surface area contributed by atoms with Gasteiger partial charge in [-0.05, 0) is 45.1 Å². The summed E-state index contributed by atoms with van der Waals surface area (Å²) in [7, 11) is 1.91. The molecule has 2 bridgehead atoms. The van der Waals surface area contributed by atoms with E-state index in [1.807, 2.05) is 23.5 Å². The molecule has 3 aliphatic rings. The molecule has 3 saturated carbocycles. The number of carbonyl (C=O) groups excluding carboxylic acids is 1. The normalized spacial score (nSPS) is 28.2. The lowest BCUT2D eigenvalue weighted by atomic mass is 9.58. The summed E-state index contributed by atoms with van der Waals surface area (Å²) in [5.74, 6) is 0.916. The van der Waals surface area contributed by atoms with Crippen LogP contribution in [0.5, 0.6) is 0 Å². The number of hydrogen-bond donors (Lipinski definition) is 0. The number of amides is 1. The van der Waals surface area contributed by atoms with Gasteiger partial charge in [0.05, 0.1) is 12.5 Å². The first kappa shape index (κ1) is 15.8. The van der Waals surface area contributed by atoms with Gasteiger partial charge in [0, 0.05) is 42.0 Å². The molecule has 128 valence electrons. The van der Waals surface area contributed by atoms with Gasteiger partial charge in [-0.15, -0.1) is 11.3 Å². The zero-order valence-corrected chi connectivity index (χ0v) is 15.3. The van der Waals surface area contributed by atoms with E-state index >= 15 is 0 Å². The number of hydrogen-bond acceptors (Lipinski definition) is 4. The van der Waals surface area contributed by atoms with E-state index in [-0.39, 0.29) is 17.2 Å². The molecule has 0 aliphatic heterocycles. The summed E-state index contributed by atoms with van der Waals surface area (Å²) in [4.78, 5) is 19.3. The van der Waals surface area contributed by atoms with Gasteiger partial charge in [-0.1, -0.05) is 0 Å². The van der Waals surface area contributed by atoms with Gasteiger partial charge in [0.1, 0.15) is 5.01 Å². The molecule has 3 unspecified atom stereocenters. The predicted molar refractivity (Wildman–Crippen MR) is 93.7 cm³/mol. The van der Waals surface area contributed by atoms with Crippen LogP contribution in [0.15, 0.2) is 23.8 Å². The Morgan fingerprint density at radius 2 is 2.33 bits per heavy atom. The number of nitrogens with zero attached hydrogens (tertiary/aromatic N) is 4. The Labute approximate surface area is 146 Å². The van der Waals surface area contributed by atoms with E-state index in [0.29, 0.717) is 18.5 Å². The first-order valence-electron chi connectivity index (χ1n) is 8.70. The summed E-state index contributed by atoms with van der Waals surface area (Å²) >= 11 is 1.61. The van der Waals surface area contributed by atoms with E-state index in [4.69, 9.17) is 0 Å². The van der Waals surface area contributed by atoms with Crippen molar-refractivity contribution in [1.29, 1.82) is 0 Å². The predicted octanol–water partition coefficient (Wildman–Crippen LogP) is 3.25. The molecule has 0 radical (unpaired) electrons. The van der Waals surface area contributed by atoms with Crippen molar-refractivity contribution < 1.29 is 4.79 Å². The maximum Gasteiger partial charge on any atom is 0.227 e. The summed E-state index contributed by atoms with van der Waals surface area (Å²) < 4.78 is 2.11. The Hall–Kier alpha value is -1.69. The molecule has 6 heteroatoms. The molecular formula is C18H24N4OS. The number of aromatic nitrogens is 3. The van der Waals surface area contributed by atoms with Crippen LogP contribution in [0.3, 0.4) is 0 Å². The standard InChI is InChI=1S/C18H24N4OS/c1-12(2)22-14(5-7-20-22)18-6-4-13(10-18)16(18)17(23)21(3)11-15-19-8-9-24-15/h5,7-9,12-13,16H,4,6,10-11H2,1-3H3. The van der Waals surface area contributed by atoms with Gasteiger partial charge >= 0.3 is 0 Å². The first-order valence-corrected chi connectivity index (χ1v) is 9.58. The molecule has 3 fully saturated rings. The minimum atomic E-state index is -0.000339. The molecule has 3 atom stereocenters. The second-order valence-electron chi connectivity index (χ2n) is 7.51. The molecule has 2 aromatic rings. The summed E-state index contributed by atoms with van der Waals surface area (Å²) in [5, 5.41) is 7.47. The Morgan fingerprint density at radius 3 is 3.00 bits per heavy atom. The highest BCUT2D eigenvalue weighted by atomic mass is 32.1. The Kier molecular flexibility index (Phi) is 3.75. The molecule has 1 amide bonds. The van der Waals surface area contributed by atoms with Crippen LogP contribution in [-0.4, -0.2) is 32.6 Å². The molecule has 2 aromatic heterocycles. The van der Waals surface area contributed by atoms with Crippen molar-refractivity contribution >= 4 is 17.2 Å². The lowest BCUT2D eigenvalue weighted by Gasteiger charge is -2.48. The Bertz CT molecular complexity index is 734. The second-order valence-corrected chi connectivity index (χ2v) is 8.49. The molecule has 5 nitrogen and oxygen atoms in total. The van der Waals surface area contributed by atoms with Crippen molar-refractivity contribution in [3.8, 4) is 0 Å². The molecule has 0 N–H and O–H groups in total. The van der Waals surface area contributed by atoms with Gasteiger partial charge in [-0.25, -0.2) is 4.98 Å². The first-order chi connectivity index (χ1) is 11.5. The van der Waals surface area contributed by atoms with Crippen LogP contribution in [0.25, 0.3) is 0 Å². The molecule has 5 rings (SSSR count). The minimum absolute atomic E-state index is 0.000339. The van der Waals surface area contributed by atoms with Gasteiger partial charge in [-0.3, -0.25) is 9.48 Å². The lowest BCUT2D eigenvalue weighted by Crippen LogP contribution is -2.53. The third-order valence-corrected chi connectivity index (χ3v) is 6.59. The number of rotatable bonds is 5. The Balaban J connectivity index is 1.59. The number of fused-ring (bicyclic) bond motifs is 1. The highest BCUT2D eigenvalue weighted by molar-refractivity contribution is 7.09. The van der Waals surface area contributed by atoms with Crippen molar-refractivity contribution in [2.24, 2.45) is 11.8 Å². The van der Waals surface area contributed by atoms with Gasteiger partial charge in [0.15, 0.2) is 0 Å². The number of carbonyl (C=O) groups is 1. The van der Waals surface area contributed by atoms with Crippen LogP contribution in [0.1, 0.15) is 49.9 Å². The molecule has 3 aliphatic carbocycles. The maximum atomic E-state index is 13.2. The Morgan fingerprint density at radius 1 is 1.50 bits per heavy atom. The van der Waals surface area contributed by atoms with Crippen molar-refractivity contribution in [3.05, 3.63) is 34.5 Å². The average Bonchev–Trinajstić information content (AvgIpc) is 3.29. The summed E-state index contributed by atoms with van der Waals surface area (Å²) in [6.45, 7) is 4.92. The van der Waals surface area contributed by atoms with Gasteiger partial charge < -0.3 is 4.90 Å². The smallest absolute Gasteiger partial charge is 0.227 e. The molecule has 0 aromatic carbocycles. The van der Waals surface area contributed by atoms with E-state index in [1.54, 1.807) is 17.5 Å². The third-order valence-electron chi connectivity index (χ3n) is 5.82. The average molecular weight is 344 g/mol. The fraction of sp³-hybridized carbons (Fsp3) is 0.611. The largest absolute Gasteiger partial charge is 0.339 e. The van der Waals surface area contributed by atoms with Crippen LogP contribution >= 0.6 is 11.3 Å². The fourth-order valence-electron chi connectivity index (χ4n) is 4.77. The highest BCUT2D eigenvalue weighted by Crippen LogP contribution is 2.64. The van der Waals surface area contributed by atoms with Gasteiger partial charge in [-0.2, -0.15) is 5.10 Å². The van der Waals surface area contributed by atoms with Crippen molar-refractivity contribution in [1.82, 2.24) is 19.7 Å². The maximum absolute atomic E-state index is 13.2. The summed E-state index contributed by atoms with van der Waals surface area (Å²) in [6, 6.07) is 2.45. The van der Waals surface area contributed by atoms with Crippen molar-refractivity contribution in [2.75, 3.05) is 7.05 Å². The van der Waals surface area contributed by atoms with Gasteiger partial charge in [0.2, 0.25) is 5.91 Å². The van der Waals surface area contributed by atoms with Crippen LogP contribution in [0.4, 0.5) is 0 Å². The zero-order valence-electron chi connectivity index (χ0n) is 14.5. The molecule has 0 saturated heterocycles. The zero-order chi connectivity index (χ0) is 16.9. The molecule has 24 heavy (non-hydrogen) atoms. The summed E-state index contributed by atoms with van der Waals surface area (Å²) in [5.41, 5.74) is 1.26. The van der Waals surface area contributed by atoms with E-state index in [1.165, 1.54) is 5.69 Å². The minimum Gasteiger partial charge on any atom is -0.339 e.